The highest BCUT2D eigenvalue weighted by atomic mass is 16.5. The SMILES string of the molecule is CCOc1ccc(C(N)C2Cc3ccccc3O2)cc1. The molecule has 0 radical (unpaired) electrons. The van der Waals surface area contributed by atoms with Crippen molar-refractivity contribution in [3.05, 3.63) is 59.7 Å². The number of hydrogen-bond acceptors (Lipinski definition) is 3. The highest BCUT2D eigenvalue weighted by molar-refractivity contribution is 5.39. The second-order valence-electron chi connectivity index (χ2n) is 5.00. The Bertz CT molecular complexity index is 555. The molecule has 0 spiro atoms. The molecule has 1 aliphatic rings. The normalized spacial score (nSPS) is 18.2. The first-order chi connectivity index (χ1) is 9.78. The highest BCUT2D eigenvalue weighted by Crippen LogP contribution is 2.33. The predicted octanol–water partition coefficient (Wildman–Crippen LogP) is 3.09. The Kier molecular flexibility index (Phi) is 3.61. The fraction of sp³-hybridized carbons (Fsp3) is 0.294. The van der Waals surface area contributed by atoms with Crippen LogP contribution in [0.3, 0.4) is 0 Å². The van der Waals surface area contributed by atoms with E-state index in [0.717, 1.165) is 23.5 Å². The number of ether oxygens (including phenoxy) is 2. The summed E-state index contributed by atoms with van der Waals surface area (Å²) in [4.78, 5) is 0. The largest absolute Gasteiger partial charge is 0.494 e. The molecule has 0 aliphatic carbocycles. The summed E-state index contributed by atoms with van der Waals surface area (Å²) in [5, 5.41) is 0. The van der Waals surface area contributed by atoms with E-state index in [1.54, 1.807) is 0 Å². The first-order valence-electron chi connectivity index (χ1n) is 7.01. The lowest BCUT2D eigenvalue weighted by Gasteiger charge is -2.19. The molecule has 2 aromatic carbocycles. The molecule has 0 bridgehead atoms. The minimum Gasteiger partial charge on any atom is -0.494 e. The number of benzene rings is 2. The molecule has 3 rings (SSSR count). The van der Waals surface area contributed by atoms with Crippen molar-refractivity contribution in [1.29, 1.82) is 0 Å². The predicted molar refractivity (Wildman–Crippen MR) is 79.1 cm³/mol. The van der Waals surface area contributed by atoms with Crippen LogP contribution in [0.25, 0.3) is 0 Å². The molecule has 1 aliphatic heterocycles. The van der Waals surface area contributed by atoms with E-state index >= 15 is 0 Å². The summed E-state index contributed by atoms with van der Waals surface area (Å²) < 4.78 is 11.4. The summed E-state index contributed by atoms with van der Waals surface area (Å²) in [6, 6.07) is 15.9. The van der Waals surface area contributed by atoms with Crippen LogP contribution in [0.5, 0.6) is 11.5 Å². The fourth-order valence-corrected chi connectivity index (χ4v) is 2.58. The van der Waals surface area contributed by atoms with Crippen LogP contribution in [0.1, 0.15) is 24.1 Å². The maximum absolute atomic E-state index is 6.34. The van der Waals surface area contributed by atoms with Gasteiger partial charge >= 0.3 is 0 Å². The van der Waals surface area contributed by atoms with Crippen LogP contribution in [0.4, 0.5) is 0 Å². The van der Waals surface area contributed by atoms with E-state index in [4.69, 9.17) is 15.2 Å². The van der Waals surface area contributed by atoms with Crippen LogP contribution < -0.4 is 15.2 Å². The van der Waals surface area contributed by atoms with Crippen molar-refractivity contribution in [1.82, 2.24) is 0 Å². The molecule has 0 saturated heterocycles. The molecule has 0 saturated carbocycles. The van der Waals surface area contributed by atoms with E-state index in [-0.39, 0.29) is 12.1 Å². The summed E-state index contributed by atoms with van der Waals surface area (Å²) in [7, 11) is 0. The quantitative estimate of drug-likeness (QED) is 0.927. The number of rotatable bonds is 4. The number of fused-ring (bicyclic) bond motifs is 1. The summed E-state index contributed by atoms with van der Waals surface area (Å²) in [6.45, 7) is 2.65. The van der Waals surface area contributed by atoms with Gasteiger partial charge < -0.3 is 15.2 Å². The van der Waals surface area contributed by atoms with Gasteiger partial charge in [0.2, 0.25) is 0 Å². The fourth-order valence-electron chi connectivity index (χ4n) is 2.58. The molecule has 2 unspecified atom stereocenters. The average molecular weight is 269 g/mol. The standard InChI is InChI=1S/C17H19NO2/c1-2-19-14-9-7-12(8-10-14)17(18)16-11-13-5-3-4-6-15(13)20-16/h3-10,16-17H,2,11,18H2,1H3. The summed E-state index contributed by atoms with van der Waals surface area (Å²) in [6.07, 6.45) is 0.871. The second kappa shape index (κ2) is 5.55. The minimum absolute atomic E-state index is 0.00495. The molecule has 20 heavy (non-hydrogen) atoms. The van der Waals surface area contributed by atoms with Gasteiger partial charge in [0, 0.05) is 6.42 Å². The van der Waals surface area contributed by atoms with Gasteiger partial charge in [-0.2, -0.15) is 0 Å². The molecule has 3 heteroatoms. The van der Waals surface area contributed by atoms with Crippen LogP contribution in [0.15, 0.2) is 48.5 Å². The van der Waals surface area contributed by atoms with Crippen molar-refractivity contribution in [2.24, 2.45) is 5.73 Å². The molecule has 0 aromatic heterocycles. The molecule has 0 fully saturated rings. The van der Waals surface area contributed by atoms with Crippen molar-refractivity contribution >= 4 is 0 Å². The van der Waals surface area contributed by atoms with Crippen molar-refractivity contribution in [2.75, 3.05) is 6.61 Å². The van der Waals surface area contributed by atoms with Gasteiger partial charge in [0.15, 0.2) is 0 Å². The zero-order chi connectivity index (χ0) is 13.9. The second-order valence-corrected chi connectivity index (χ2v) is 5.00. The first-order valence-corrected chi connectivity index (χ1v) is 7.01. The third-order valence-electron chi connectivity index (χ3n) is 3.65. The van der Waals surface area contributed by atoms with Gasteiger partial charge in [-0.05, 0) is 36.2 Å². The van der Waals surface area contributed by atoms with Gasteiger partial charge in [-0.3, -0.25) is 0 Å². The van der Waals surface area contributed by atoms with Gasteiger partial charge in [0.1, 0.15) is 17.6 Å². The molecule has 2 atom stereocenters. The van der Waals surface area contributed by atoms with Gasteiger partial charge in [-0.15, -0.1) is 0 Å². The Balaban J connectivity index is 1.72. The monoisotopic (exact) mass is 269 g/mol. The molecule has 3 nitrogen and oxygen atoms in total. The maximum atomic E-state index is 6.34. The average Bonchev–Trinajstić information content (AvgIpc) is 2.91. The molecule has 0 amide bonds. The molecule has 104 valence electrons. The zero-order valence-electron chi connectivity index (χ0n) is 11.6. The van der Waals surface area contributed by atoms with Crippen LogP contribution in [0.2, 0.25) is 0 Å². The Morgan fingerprint density at radius 2 is 1.95 bits per heavy atom. The summed E-state index contributed by atoms with van der Waals surface area (Å²) >= 11 is 0. The molecule has 1 heterocycles. The molecule has 2 aromatic rings. The van der Waals surface area contributed by atoms with E-state index in [2.05, 4.69) is 6.07 Å². The van der Waals surface area contributed by atoms with E-state index in [0.29, 0.717) is 6.61 Å². The Labute approximate surface area is 119 Å². The number of nitrogens with two attached hydrogens (primary N) is 1. The van der Waals surface area contributed by atoms with Crippen molar-refractivity contribution in [3.8, 4) is 11.5 Å². The van der Waals surface area contributed by atoms with Gasteiger partial charge in [0.25, 0.3) is 0 Å². The van der Waals surface area contributed by atoms with E-state index in [9.17, 15) is 0 Å². The van der Waals surface area contributed by atoms with Gasteiger partial charge in [-0.25, -0.2) is 0 Å². The molecular formula is C17H19NO2. The Hall–Kier alpha value is -2.00. The zero-order valence-corrected chi connectivity index (χ0v) is 11.6. The molecular weight excluding hydrogens is 250 g/mol. The minimum atomic E-state index is -0.127. The topological polar surface area (TPSA) is 44.5 Å². The summed E-state index contributed by atoms with van der Waals surface area (Å²) in [5.74, 6) is 1.83. The van der Waals surface area contributed by atoms with Crippen LogP contribution in [0, 0.1) is 0 Å². The maximum Gasteiger partial charge on any atom is 0.123 e. The van der Waals surface area contributed by atoms with Crippen molar-refractivity contribution < 1.29 is 9.47 Å². The third-order valence-corrected chi connectivity index (χ3v) is 3.65. The van der Waals surface area contributed by atoms with Gasteiger partial charge in [0.05, 0.1) is 12.6 Å². The van der Waals surface area contributed by atoms with E-state index in [1.807, 2.05) is 49.4 Å². The number of para-hydroxylation sites is 1. The van der Waals surface area contributed by atoms with E-state index in [1.165, 1.54) is 5.56 Å². The van der Waals surface area contributed by atoms with Crippen molar-refractivity contribution in [2.45, 2.75) is 25.5 Å². The third kappa shape index (κ3) is 2.49. The Morgan fingerprint density at radius 1 is 1.20 bits per heavy atom. The summed E-state index contributed by atoms with van der Waals surface area (Å²) in [5.41, 5.74) is 8.65. The van der Waals surface area contributed by atoms with Crippen molar-refractivity contribution in [3.63, 3.8) is 0 Å². The lowest BCUT2D eigenvalue weighted by atomic mass is 9.98. The van der Waals surface area contributed by atoms with Crippen LogP contribution in [-0.2, 0) is 6.42 Å². The van der Waals surface area contributed by atoms with E-state index < -0.39 is 0 Å². The van der Waals surface area contributed by atoms with Gasteiger partial charge in [-0.1, -0.05) is 30.3 Å². The lowest BCUT2D eigenvalue weighted by Crippen LogP contribution is -2.29. The number of hydrogen-bond donors (Lipinski definition) is 1. The Morgan fingerprint density at radius 3 is 2.65 bits per heavy atom. The lowest BCUT2D eigenvalue weighted by molar-refractivity contribution is 0.199. The first kappa shape index (κ1) is 13.0. The smallest absolute Gasteiger partial charge is 0.123 e. The van der Waals surface area contributed by atoms with Crippen LogP contribution >= 0.6 is 0 Å². The highest BCUT2D eigenvalue weighted by Gasteiger charge is 2.28. The van der Waals surface area contributed by atoms with Crippen LogP contribution in [-0.4, -0.2) is 12.7 Å². The molecule has 2 N–H and O–H groups in total.